The summed E-state index contributed by atoms with van der Waals surface area (Å²) >= 11 is 0. The summed E-state index contributed by atoms with van der Waals surface area (Å²) in [5.74, 6) is 0. The first kappa shape index (κ1) is 10.5. The van der Waals surface area contributed by atoms with Gasteiger partial charge in [0, 0.05) is 12.6 Å². The molecule has 0 aliphatic rings. The summed E-state index contributed by atoms with van der Waals surface area (Å²) in [4.78, 5) is 3.27. The second kappa shape index (κ2) is 4.09. The fourth-order valence-corrected chi connectivity index (χ4v) is 1.09. The van der Waals surface area contributed by atoms with Gasteiger partial charge in [-0.1, -0.05) is 6.07 Å². The topological polar surface area (TPSA) is 36.7 Å². The molecule has 0 bridgehead atoms. The van der Waals surface area contributed by atoms with E-state index in [2.05, 4.69) is 4.98 Å². The van der Waals surface area contributed by atoms with E-state index < -0.39 is 11.9 Å². The summed E-state index contributed by atoms with van der Waals surface area (Å²) in [6, 6.07) is 4.57. The smallest absolute Gasteiger partial charge is 0.252 e. The predicted molar refractivity (Wildman–Crippen MR) is 43.2 cm³/mol. The Morgan fingerprint density at radius 2 is 2.14 bits per heavy atom. The first-order valence-corrected chi connectivity index (χ1v) is 3.93. The number of halogens is 3. The van der Waals surface area contributed by atoms with E-state index in [1.807, 2.05) is 0 Å². The second-order valence-corrected chi connectivity index (χ2v) is 2.67. The number of hydrogen-bond acceptors (Lipinski definition) is 2. The van der Waals surface area contributed by atoms with Crippen molar-refractivity contribution < 1.29 is 13.2 Å². The second-order valence-electron chi connectivity index (χ2n) is 2.67. The van der Waals surface area contributed by atoms with Crippen LogP contribution < -0.4 is 0 Å². The zero-order valence-corrected chi connectivity index (χ0v) is 7.17. The average Bonchev–Trinajstić information content (AvgIpc) is 2.14. The zero-order valence-electron chi connectivity index (χ0n) is 7.17. The Morgan fingerprint density at radius 3 is 2.71 bits per heavy atom. The highest BCUT2D eigenvalue weighted by atomic mass is 19.4. The minimum atomic E-state index is -4.44. The molecular weight excluding hydrogens is 193 g/mol. The number of nitrogens with zero attached hydrogens (tertiary/aromatic N) is 2. The van der Waals surface area contributed by atoms with Gasteiger partial charge in [0.15, 0.2) is 0 Å². The third kappa shape index (κ3) is 2.46. The standard InChI is InChI=1S/C9H7F3N2/c10-9(11,12)8-7(3-1-5-13)4-2-6-14-8/h2,4,6H,1,3H2. The van der Waals surface area contributed by atoms with Crippen molar-refractivity contribution in [1.29, 1.82) is 5.26 Å². The van der Waals surface area contributed by atoms with E-state index in [0.717, 1.165) is 6.20 Å². The van der Waals surface area contributed by atoms with Crippen LogP contribution in [-0.4, -0.2) is 4.98 Å². The normalized spacial score (nSPS) is 11.0. The summed E-state index contributed by atoms with van der Waals surface area (Å²) < 4.78 is 37.0. The maximum Gasteiger partial charge on any atom is 0.433 e. The lowest BCUT2D eigenvalue weighted by molar-refractivity contribution is -0.141. The molecule has 0 aliphatic heterocycles. The third-order valence-corrected chi connectivity index (χ3v) is 1.67. The van der Waals surface area contributed by atoms with E-state index in [1.54, 1.807) is 6.07 Å². The Kier molecular flexibility index (Phi) is 3.07. The Balaban J connectivity index is 2.99. The van der Waals surface area contributed by atoms with Gasteiger partial charge in [-0.3, -0.25) is 4.98 Å². The van der Waals surface area contributed by atoms with Gasteiger partial charge in [0.05, 0.1) is 6.07 Å². The fourth-order valence-electron chi connectivity index (χ4n) is 1.09. The largest absolute Gasteiger partial charge is 0.433 e. The van der Waals surface area contributed by atoms with Gasteiger partial charge in [-0.25, -0.2) is 0 Å². The van der Waals surface area contributed by atoms with E-state index >= 15 is 0 Å². The SMILES string of the molecule is N#CCCc1cccnc1C(F)(F)F. The van der Waals surface area contributed by atoms with Crippen molar-refractivity contribution >= 4 is 0 Å². The van der Waals surface area contributed by atoms with Crippen molar-refractivity contribution in [3.05, 3.63) is 29.6 Å². The third-order valence-electron chi connectivity index (χ3n) is 1.67. The summed E-state index contributed by atoms with van der Waals surface area (Å²) in [6.45, 7) is 0. The number of alkyl halides is 3. The molecule has 0 spiro atoms. The molecule has 0 fully saturated rings. The predicted octanol–water partition coefficient (Wildman–Crippen LogP) is 2.56. The molecule has 0 aliphatic carbocycles. The van der Waals surface area contributed by atoms with Gasteiger partial charge in [0.25, 0.3) is 0 Å². The van der Waals surface area contributed by atoms with Gasteiger partial charge in [0.2, 0.25) is 0 Å². The summed E-state index contributed by atoms with van der Waals surface area (Å²) in [5.41, 5.74) is -0.822. The van der Waals surface area contributed by atoms with Crippen LogP contribution in [0.2, 0.25) is 0 Å². The van der Waals surface area contributed by atoms with Gasteiger partial charge >= 0.3 is 6.18 Å². The molecule has 0 radical (unpaired) electrons. The molecule has 0 aromatic carbocycles. The van der Waals surface area contributed by atoms with Crippen LogP contribution in [0.25, 0.3) is 0 Å². The van der Waals surface area contributed by atoms with Crippen LogP contribution in [0.3, 0.4) is 0 Å². The van der Waals surface area contributed by atoms with Crippen molar-refractivity contribution in [2.45, 2.75) is 19.0 Å². The molecule has 0 saturated carbocycles. The highest BCUT2D eigenvalue weighted by Crippen LogP contribution is 2.30. The lowest BCUT2D eigenvalue weighted by Gasteiger charge is -2.09. The van der Waals surface area contributed by atoms with Gasteiger partial charge in [0.1, 0.15) is 5.69 Å². The zero-order chi connectivity index (χ0) is 10.6. The highest BCUT2D eigenvalue weighted by molar-refractivity contribution is 5.22. The molecule has 0 unspecified atom stereocenters. The van der Waals surface area contributed by atoms with Gasteiger partial charge in [-0.15, -0.1) is 0 Å². The van der Waals surface area contributed by atoms with Crippen molar-refractivity contribution in [2.75, 3.05) is 0 Å². The van der Waals surface area contributed by atoms with Gasteiger partial charge in [-0.2, -0.15) is 18.4 Å². The summed E-state index contributed by atoms with van der Waals surface area (Å²) in [7, 11) is 0. The molecule has 0 amide bonds. The van der Waals surface area contributed by atoms with Crippen molar-refractivity contribution in [2.24, 2.45) is 0 Å². The van der Waals surface area contributed by atoms with Crippen LogP contribution in [0.15, 0.2) is 18.3 Å². The number of hydrogen-bond donors (Lipinski definition) is 0. The van der Waals surface area contributed by atoms with E-state index in [-0.39, 0.29) is 18.4 Å². The minimum absolute atomic E-state index is 0.0643. The summed E-state index contributed by atoms with van der Waals surface area (Å²) in [6.07, 6.45) is -3.20. The van der Waals surface area contributed by atoms with E-state index in [4.69, 9.17) is 5.26 Å². The van der Waals surface area contributed by atoms with E-state index in [0.29, 0.717) is 0 Å². The van der Waals surface area contributed by atoms with Crippen LogP contribution in [0, 0.1) is 11.3 Å². The molecule has 1 aromatic heterocycles. The van der Waals surface area contributed by atoms with Crippen molar-refractivity contribution in [3.63, 3.8) is 0 Å². The first-order valence-electron chi connectivity index (χ1n) is 3.93. The molecule has 1 rings (SSSR count). The van der Waals surface area contributed by atoms with E-state index in [1.165, 1.54) is 12.1 Å². The number of aryl methyl sites for hydroxylation is 1. The van der Waals surface area contributed by atoms with Crippen LogP contribution in [0.1, 0.15) is 17.7 Å². The monoisotopic (exact) mass is 200 g/mol. The molecule has 0 atom stereocenters. The number of nitriles is 1. The Morgan fingerprint density at radius 1 is 1.43 bits per heavy atom. The van der Waals surface area contributed by atoms with Crippen LogP contribution in [0.4, 0.5) is 13.2 Å². The highest BCUT2D eigenvalue weighted by Gasteiger charge is 2.34. The lowest BCUT2D eigenvalue weighted by Crippen LogP contribution is -2.11. The molecule has 14 heavy (non-hydrogen) atoms. The maximum absolute atomic E-state index is 12.3. The molecule has 74 valence electrons. The minimum Gasteiger partial charge on any atom is -0.252 e. The van der Waals surface area contributed by atoms with Crippen molar-refractivity contribution in [3.8, 4) is 6.07 Å². The number of pyridine rings is 1. The Labute approximate surface area is 79.0 Å². The molecule has 5 heteroatoms. The van der Waals surface area contributed by atoms with Gasteiger partial charge in [-0.05, 0) is 18.1 Å². The molecular formula is C9H7F3N2. The molecule has 1 heterocycles. The first-order chi connectivity index (χ1) is 6.55. The van der Waals surface area contributed by atoms with Crippen LogP contribution in [-0.2, 0) is 12.6 Å². The van der Waals surface area contributed by atoms with Gasteiger partial charge < -0.3 is 0 Å². The number of rotatable bonds is 2. The summed E-state index contributed by atoms with van der Waals surface area (Å²) in [5, 5.41) is 8.27. The van der Waals surface area contributed by atoms with E-state index in [9.17, 15) is 13.2 Å². The Bertz CT molecular complexity index is 352. The van der Waals surface area contributed by atoms with Crippen LogP contribution in [0.5, 0.6) is 0 Å². The van der Waals surface area contributed by atoms with Crippen molar-refractivity contribution in [1.82, 2.24) is 4.98 Å². The number of aromatic nitrogens is 1. The molecule has 0 N–H and O–H groups in total. The maximum atomic E-state index is 12.3. The lowest BCUT2D eigenvalue weighted by atomic mass is 10.1. The molecule has 0 saturated heterocycles. The molecule has 2 nitrogen and oxygen atoms in total. The Hall–Kier alpha value is -1.57. The van der Waals surface area contributed by atoms with Crippen LogP contribution >= 0.6 is 0 Å². The quantitative estimate of drug-likeness (QED) is 0.735. The molecule has 1 aromatic rings. The average molecular weight is 200 g/mol. The fraction of sp³-hybridized carbons (Fsp3) is 0.333.